The quantitative estimate of drug-likeness (QED) is 0.563. The molecule has 2 unspecified atom stereocenters. The third kappa shape index (κ3) is 4.80. The second kappa shape index (κ2) is 8.83. The molecule has 3 rings (SSSR count). The second-order valence-corrected chi connectivity index (χ2v) is 7.79. The van der Waals surface area contributed by atoms with Crippen molar-refractivity contribution in [1.29, 1.82) is 0 Å². The lowest BCUT2D eigenvalue weighted by molar-refractivity contribution is -0.142. The number of nitrogens with zero attached hydrogens (tertiary/aromatic N) is 4. The number of amides is 3. The number of likely N-dealkylation sites (N-methyl/N-ethyl adjacent to an activating group) is 1. The van der Waals surface area contributed by atoms with E-state index in [-0.39, 0.29) is 24.2 Å². The average molecular weight is 446 g/mol. The summed E-state index contributed by atoms with van der Waals surface area (Å²) < 4.78 is 18.1. The van der Waals surface area contributed by atoms with Gasteiger partial charge in [-0.05, 0) is 31.5 Å². The first-order valence-corrected chi connectivity index (χ1v) is 9.68. The molecule has 2 aromatic rings. The fourth-order valence-corrected chi connectivity index (χ4v) is 3.19. The first kappa shape index (κ1) is 23.0. The van der Waals surface area contributed by atoms with Crippen molar-refractivity contribution < 1.29 is 28.3 Å². The van der Waals surface area contributed by atoms with Crippen LogP contribution in [0.5, 0.6) is 0 Å². The fraction of sp³-hybridized carbons (Fsp3) is 0.400. The average Bonchev–Trinajstić information content (AvgIpc) is 3.17. The van der Waals surface area contributed by atoms with Crippen molar-refractivity contribution in [2.45, 2.75) is 45.0 Å². The maximum Gasteiger partial charge on any atom is 0.309 e. The standard InChI is InChI=1S/C20H23FN6O5/c1-10-25-26-17(32-10)16(30)24-20(2,3)19-23-13(14(28)18(31)27(19)4)15(29)22-9-11-5-7-12(21)8-6-11/h5-8,13-14,28H,9H2,1-4H3,(H,22,29)(H,24,30). The number of hydrogen-bond donors (Lipinski definition) is 3. The molecule has 1 aliphatic rings. The number of benzene rings is 1. The molecule has 3 N–H and O–H groups in total. The van der Waals surface area contributed by atoms with E-state index >= 15 is 0 Å². The minimum atomic E-state index is -1.71. The lowest BCUT2D eigenvalue weighted by atomic mass is 9.97. The molecular weight excluding hydrogens is 423 g/mol. The van der Waals surface area contributed by atoms with Gasteiger partial charge in [-0.1, -0.05) is 12.1 Å². The van der Waals surface area contributed by atoms with E-state index in [1.54, 1.807) is 13.8 Å². The highest BCUT2D eigenvalue weighted by atomic mass is 19.1. The summed E-state index contributed by atoms with van der Waals surface area (Å²) in [6, 6.07) is 4.07. The van der Waals surface area contributed by atoms with E-state index in [1.165, 1.54) is 38.2 Å². The zero-order valence-corrected chi connectivity index (χ0v) is 17.9. The molecule has 0 saturated heterocycles. The smallest absolute Gasteiger partial charge is 0.309 e. The van der Waals surface area contributed by atoms with Gasteiger partial charge in [0.1, 0.15) is 11.7 Å². The normalized spacial score (nSPS) is 18.9. The first-order chi connectivity index (χ1) is 15.0. The van der Waals surface area contributed by atoms with Crippen molar-refractivity contribution in [1.82, 2.24) is 25.7 Å². The summed E-state index contributed by atoms with van der Waals surface area (Å²) in [6.07, 6.45) is -1.71. The minimum Gasteiger partial charge on any atom is -0.417 e. The van der Waals surface area contributed by atoms with Gasteiger partial charge in [-0.2, -0.15) is 0 Å². The fourth-order valence-electron chi connectivity index (χ4n) is 3.19. The zero-order chi connectivity index (χ0) is 23.6. The summed E-state index contributed by atoms with van der Waals surface area (Å²) in [7, 11) is 1.38. The highest BCUT2D eigenvalue weighted by Gasteiger charge is 2.44. The van der Waals surface area contributed by atoms with Gasteiger partial charge in [0, 0.05) is 20.5 Å². The van der Waals surface area contributed by atoms with Gasteiger partial charge in [0.15, 0.2) is 12.1 Å². The van der Waals surface area contributed by atoms with E-state index in [2.05, 4.69) is 25.8 Å². The number of aryl methyl sites for hydroxylation is 1. The van der Waals surface area contributed by atoms with Gasteiger partial charge >= 0.3 is 11.8 Å². The number of aliphatic hydroxyl groups is 1. The molecule has 0 aliphatic carbocycles. The molecule has 1 aromatic heterocycles. The van der Waals surface area contributed by atoms with Crippen LogP contribution in [0.1, 0.15) is 36.0 Å². The molecule has 170 valence electrons. The lowest BCUT2D eigenvalue weighted by Gasteiger charge is -2.38. The van der Waals surface area contributed by atoms with Crippen LogP contribution in [0.2, 0.25) is 0 Å². The Morgan fingerprint density at radius 3 is 2.50 bits per heavy atom. The molecule has 11 nitrogen and oxygen atoms in total. The van der Waals surface area contributed by atoms with Crippen LogP contribution in [0, 0.1) is 12.7 Å². The Bertz CT molecular complexity index is 1060. The second-order valence-electron chi connectivity index (χ2n) is 7.79. The minimum absolute atomic E-state index is 0.0495. The van der Waals surface area contributed by atoms with E-state index in [4.69, 9.17) is 4.42 Å². The Labute approximate surface area is 182 Å². The Balaban J connectivity index is 1.79. The molecule has 0 radical (unpaired) electrons. The van der Waals surface area contributed by atoms with Crippen molar-refractivity contribution in [2.75, 3.05) is 7.05 Å². The number of carbonyl (C=O) groups is 3. The third-order valence-corrected chi connectivity index (χ3v) is 4.82. The molecule has 0 fully saturated rings. The maximum absolute atomic E-state index is 13.0. The molecule has 2 atom stereocenters. The van der Waals surface area contributed by atoms with E-state index in [0.29, 0.717) is 5.56 Å². The summed E-state index contributed by atoms with van der Waals surface area (Å²) in [5.74, 6) is -2.57. The van der Waals surface area contributed by atoms with Gasteiger partial charge in [-0.15, -0.1) is 10.2 Å². The van der Waals surface area contributed by atoms with E-state index in [1.807, 2.05) is 0 Å². The zero-order valence-electron chi connectivity index (χ0n) is 17.9. The Kier molecular flexibility index (Phi) is 6.35. The highest BCUT2D eigenvalue weighted by Crippen LogP contribution is 2.20. The number of carbonyl (C=O) groups excluding carboxylic acids is 3. The van der Waals surface area contributed by atoms with Gasteiger partial charge in [0.2, 0.25) is 11.8 Å². The number of nitrogens with one attached hydrogen (secondary N) is 2. The summed E-state index contributed by atoms with van der Waals surface area (Å²) >= 11 is 0. The number of hydrogen-bond acceptors (Lipinski definition) is 8. The molecule has 1 aliphatic heterocycles. The van der Waals surface area contributed by atoms with Crippen LogP contribution in [0.4, 0.5) is 4.39 Å². The summed E-state index contributed by atoms with van der Waals surface area (Å²) in [5, 5.41) is 22.8. The molecular formula is C20H23FN6O5. The molecule has 0 bridgehead atoms. The first-order valence-electron chi connectivity index (χ1n) is 9.68. The Morgan fingerprint density at radius 1 is 1.25 bits per heavy atom. The number of rotatable bonds is 6. The van der Waals surface area contributed by atoms with Gasteiger partial charge in [0.25, 0.3) is 5.91 Å². The molecule has 1 aromatic carbocycles. The van der Waals surface area contributed by atoms with Crippen molar-refractivity contribution in [3.05, 3.63) is 47.4 Å². The van der Waals surface area contributed by atoms with Crippen molar-refractivity contribution >= 4 is 23.6 Å². The number of aliphatic imine (C=N–C) groups is 1. The van der Waals surface area contributed by atoms with Crippen LogP contribution in [-0.2, 0) is 16.1 Å². The number of aromatic nitrogens is 2. The Hall–Kier alpha value is -3.67. The van der Waals surface area contributed by atoms with Gasteiger partial charge in [-0.3, -0.25) is 24.3 Å². The number of amidine groups is 1. The van der Waals surface area contributed by atoms with Crippen LogP contribution in [-0.4, -0.2) is 68.5 Å². The van der Waals surface area contributed by atoms with Crippen LogP contribution < -0.4 is 10.6 Å². The lowest BCUT2D eigenvalue weighted by Crippen LogP contribution is -2.63. The topological polar surface area (TPSA) is 150 Å². The van der Waals surface area contributed by atoms with Crippen LogP contribution in [0.25, 0.3) is 0 Å². The molecule has 32 heavy (non-hydrogen) atoms. The van der Waals surface area contributed by atoms with Gasteiger partial charge < -0.3 is 20.2 Å². The molecule has 2 heterocycles. The van der Waals surface area contributed by atoms with E-state index in [9.17, 15) is 23.9 Å². The van der Waals surface area contributed by atoms with E-state index in [0.717, 1.165) is 4.90 Å². The monoisotopic (exact) mass is 446 g/mol. The largest absolute Gasteiger partial charge is 0.417 e. The van der Waals surface area contributed by atoms with Crippen LogP contribution in [0.15, 0.2) is 33.7 Å². The summed E-state index contributed by atoms with van der Waals surface area (Å²) in [5.41, 5.74) is -0.611. The molecule has 0 spiro atoms. The molecule has 3 amide bonds. The predicted molar refractivity (Wildman–Crippen MR) is 109 cm³/mol. The van der Waals surface area contributed by atoms with Crippen LogP contribution >= 0.6 is 0 Å². The molecule has 0 saturated carbocycles. The Morgan fingerprint density at radius 2 is 1.91 bits per heavy atom. The number of halogens is 1. The third-order valence-electron chi connectivity index (χ3n) is 4.82. The van der Waals surface area contributed by atoms with Crippen LogP contribution in [0.3, 0.4) is 0 Å². The number of aliphatic hydroxyl groups excluding tert-OH is 1. The SMILES string of the molecule is Cc1nnc(C(=O)NC(C)(C)C2=NC(C(=O)NCc3ccc(F)cc3)C(O)C(=O)N2C)o1. The maximum atomic E-state index is 13.0. The highest BCUT2D eigenvalue weighted by molar-refractivity contribution is 6.10. The van der Waals surface area contributed by atoms with Crippen molar-refractivity contribution in [3.8, 4) is 0 Å². The molecule has 12 heteroatoms. The predicted octanol–water partition coefficient (Wildman–Crippen LogP) is -0.0581. The van der Waals surface area contributed by atoms with Gasteiger partial charge in [-0.25, -0.2) is 4.39 Å². The summed E-state index contributed by atoms with van der Waals surface area (Å²) in [6.45, 7) is 4.72. The van der Waals surface area contributed by atoms with Gasteiger partial charge in [0.05, 0.1) is 5.54 Å². The van der Waals surface area contributed by atoms with E-state index < -0.39 is 41.2 Å². The summed E-state index contributed by atoms with van der Waals surface area (Å²) in [4.78, 5) is 43.1. The van der Waals surface area contributed by atoms with Crippen molar-refractivity contribution in [3.63, 3.8) is 0 Å². The van der Waals surface area contributed by atoms with Crippen molar-refractivity contribution in [2.24, 2.45) is 4.99 Å².